The Morgan fingerprint density at radius 3 is 2.67 bits per heavy atom. The molecule has 170 valence electrons. The number of sulfonamides is 1. The summed E-state index contributed by atoms with van der Waals surface area (Å²) in [7, 11) is -3.84. The molecule has 3 aromatic heterocycles. The topological polar surface area (TPSA) is 83.5 Å². The van der Waals surface area contributed by atoms with Crippen molar-refractivity contribution < 1.29 is 13.2 Å². The molecule has 11 heteroatoms. The Labute approximate surface area is 204 Å². The lowest BCUT2D eigenvalue weighted by Crippen LogP contribution is -2.47. The fourth-order valence-corrected chi connectivity index (χ4v) is 8.11. The van der Waals surface area contributed by atoms with E-state index in [1.165, 1.54) is 21.7 Å². The molecule has 1 fully saturated rings. The normalized spacial score (nSPS) is 16.9. The van der Waals surface area contributed by atoms with Gasteiger partial charge < -0.3 is 0 Å². The minimum Gasteiger partial charge on any atom is -0.281 e. The summed E-state index contributed by atoms with van der Waals surface area (Å²) in [5.74, 6) is -0.302. The van der Waals surface area contributed by atoms with Crippen LogP contribution in [0.15, 0.2) is 65.0 Å². The molecular weight excluding hydrogens is 500 g/mol. The molecule has 1 unspecified atom stereocenters. The van der Waals surface area contributed by atoms with Crippen molar-refractivity contribution in [1.29, 1.82) is 0 Å². The highest BCUT2D eigenvalue weighted by Gasteiger charge is 2.42. The molecule has 0 bridgehead atoms. The van der Waals surface area contributed by atoms with Gasteiger partial charge in [0.25, 0.3) is 10.0 Å². The lowest BCUT2D eigenvalue weighted by Gasteiger charge is -2.28. The molecule has 1 amide bonds. The molecule has 4 heterocycles. The van der Waals surface area contributed by atoms with E-state index in [2.05, 4.69) is 9.97 Å². The zero-order valence-electron chi connectivity index (χ0n) is 17.3. The van der Waals surface area contributed by atoms with Crippen molar-refractivity contribution in [2.45, 2.75) is 29.6 Å². The van der Waals surface area contributed by atoms with Gasteiger partial charge in [0.2, 0.25) is 5.91 Å². The van der Waals surface area contributed by atoms with Crippen LogP contribution in [-0.4, -0.2) is 41.2 Å². The Morgan fingerprint density at radius 1 is 1.12 bits per heavy atom. The fraction of sp³-hybridized carbons (Fsp3) is 0.227. The van der Waals surface area contributed by atoms with Gasteiger partial charge in [0.15, 0.2) is 5.13 Å². The minimum absolute atomic E-state index is 0.142. The number of para-hydroxylation sites is 1. The third-order valence-corrected chi connectivity index (χ3v) is 10.1. The monoisotopic (exact) mass is 518 g/mol. The van der Waals surface area contributed by atoms with Crippen LogP contribution in [0.3, 0.4) is 0 Å². The second kappa shape index (κ2) is 9.11. The molecule has 0 aliphatic carbocycles. The van der Waals surface area contributed by atoms with Gasteiger partial charge in [-0.25, -0.2) is 13.4 Å². The first-order valence-corrected chi connectivity index (χ1v) is 13.7. The number of thiazole rings is 1. The summed E-state index contributed by atoms with van der Waals surface area (Å²) in [5, 5.41) is 0.523. The second-order valence-corrected chi connectivity index (χ2v) is 12.4. The van der Waals surface area contributed by atoms with Crippen LogP contribution in [0.5, 0.6) is 0 Å². The molecule has 33 heavy (non-hydrogen) atoms. The van der Waals surface area contributed by atoms with Crippen LogP contribution in [0.2, 0.25) is 4.34 Å². The van der Waals surface area contributed by atoms with E-state index in [1.807, 2.05) is 42.5 Å². The van der Waals surface area contributed by atoms with E-state index in [9.17, 15) is 13.2 Å². The van der Waals surface area contributed by atoms with Gasteiger partial charge in [-0.1, -0.05) is 41.1 Å². The van der Waals surface area contributed by atoms with E-state index < -0.39 is 16.1 Å². The Morgan fingerprint density at radius 2 is 1.94 bits per heavy atom. The Kier molecular flexibility index (Phi) is 6.19. The Bertz CT molecular complexity index is 1370. The molecule has 4 aromatic rings. The first-order valence-electron chi connectivity index (χ1n) is 10.3. The highest BCUT2D eigenvalue weighted by atomic mass is 35.5. The van der Waals surface area contributed by atoms with Gasteiger partial charge in [0.05, 0.1) is 26.8 Å². The van der Waals surface area contributed by atoms with Crippen molar-refractivity contribution in [1.82, 2.24) is 14.3 Å². The van der Waals surface area contributed by atoms with Crippen molar-refractivity contribution in [3.8, 4) is 0 Å². The van der Waals surface area contributed by atoms with E-state index in [0.29, 0.717) is 28.0 Å². The van der Waals surface area contributed by atoms with E-state index in [0.717, 1.165) is 21.6 Å². The number of carbonyl (C=O) groups is 1. The summed E-state index contributed by atoms with van der Waals surface area (Å²) in [4.78, 5) is 24.4. The molecule has 7 nitrogen and oxygen atoms in total. The number of amides is 1. The standard InChI is InChI=1S/C22H19ClN4O3S3/c23-19-10-11-20(32-19)33(29,30)27-13-5-8-17(27)21(28)26(14-15-6-3-4-12-24-15)22-25-16-7-1-2-9-18(16)31-22/h1-4,6-7,9-12,17H,5,8,13-14H2. The predicted octanol–water partition coefficient (Wildman–Crippen LogP) is 4.79. The van der Waals surface area contributed by atoms with Gasteiger partial charge in [0.1, 0.15) is 10.3 Å². The van der Waals surface area contributed by atoms with Crippen molar-refractivity contribution >= 4 is 65.6 Å². The summed E-state index contributed by atoms with van der Waals surface area (Å²) in [5.41, 5.74) is 1.49. The van der Waals surface area contributed by atoms with Gasteiger partial charge in [0, 0.05) is 12.7 Å². The molecule has 1 atom stereocenters. The summed E-state index contributed by atoms with van der Waals surface area (Å²) in [6.07, 6.45) is 2.72. The van der Waals surface area contributed by atoms with Gasteiger partial charge in [-0.05, 0) is 49.2 Å². The fourth-order valence-electron chi connectivity index (χ4n) is 3.88. The van der Waals surface area contributed by atoms with Gasteiger partial charge in [-0.3, -0.25) is 14.7 Å². The zero-order chi connectivity index (χ0) is 23.0. The molecule has 0 N–H and O–H groups in total. The van der Waals surface area contributed by atoms with Crippen LogP contribution in [0.4, 0.5) is 5.13 Å². The van der Waals surface area contributed by atoms with Crippen LogP contribution < -0.4 is 4.90 Å². The number of hydrogen-bond acceptors (Lipinski definition) is 7. The number of halogens is 1. The summed E-state index contributed by atoms with van der Waals surface area (Å²) in [6.45, 7) is 0.486. The van der Waals surface area contributed by atoms with Crippen LogP contribution in [-0.2, 0) is 21.4 Å². The van der Waals surface area contributed by atoms with Crippen LogP contribution in [0.25, 0.3) is 10.2 Å². The van der Waals surface area contributed by atoms with E-state index >= 15 is 0 Å². The number of pyridine rings is 1. The van der Waals surface area contributed by atoms with Crippen molar-refractivity contribution in [3.05, 3.63) is 70.8 Å². The number of rotatable bonds is 6. The number of anilines is 1. The summed E-state index contributed by atoms with van der Waals surface area (Å²) >= 11 is 8.38. The number of carbonyl (C=O) groups excluding carboxylic acids is 1. The first kappa shape index (κ1) is 22.4. The largest absolute Gasteiger partial charge is 0.281 e. The van der Waals surface area contributed by atoms with Crippen LogP contribution >= 0.6 is 34.3 Å². The Hall–Kier alpha value is -2.37. The predicted molar refractivity (Wildman–Crippen MR) is 131 cm³/mol. The molecular formula is C22H19ClN4O3S3. The summed E-state index contributed by atoms with van der Waals surface area (Å²) < 4.78 is 29.4. The molecule has 1 aliphatic rings. The maximum absolute atomic E-state index is 13.9. The number of nitrogens with zero attached hydrogens (tertiary/aromatic N) is 4. The average Bonchev–Trinajstić information content (AvgIpc) is 3.56. The molecule has 0 saturated carbocycles. The molecule has 1 saturated heterocycles. The maximum Gasteiger partial charge on any atom is 0.253 e. The van der Waals surface area contributed by atoms with Gasteiger partial charge >= 0.3 is 0 Å². The van der Waals surface area contributed by atoms with Crippen molar-refractivity contribution in [2.24, 2.45) is 0 Å². The third-order valence-electron chi connectivity index (χ3n) is 5.43. The quantitative estimate of drug-likeness (QED) is 0.366. The second-order valence-electron chi connectivity index (χ2n) is 7.54. The van der Waals surface area contributed by atoms with Crippen molar-refractivity contribution in [2.75, 3.05) is 11.4 Å². The molecule has 0 radical (unpaired) electrons. The molecule has 1 aromatic carbocycles. The minimum atomic E-state index is -3.84. The first-order chi connectivity index (χ1) is 15.9. The molecule has 1 aliphatic heterocycles. The van der Waals surface area contributed by atoms with Gasteiger partial charge in [-0.2, -0.15) is 4.31 Å². The zero-order valence-corrected chi connectivity index (χ0v) is 20.5. The number of benzene rings is 1. The highest BCUT2D eigenvalue weighted by Crippen LogP contribution is 2.35. The molecule has 5 rings (SSSR count). The number of aromatic nitrogens is 2. The van der Waals surface area contributed by atoms with Crippen molar-refractivity contribution in [3.63, 3.8) is 0 Å². The smallest absolute Gasteiger partial charge is 0.253 e. The third kappa shape index (κ3) is 4.41. The highest BCUT2D eigenvalue weighted by molar-refractivity contribution is 7.91. The number of fused-ring (bicyclic) bond motifs is 1. The van der Waals surface area contributed by atoms with E-state index in [4.69, 9.17) is 11.6 Å². The van der Waals surface area contributed by atoms with Gasteiger partial charge in [-0.15, -0.1) is 11.3 Å². The van der Waals surface area contributed by atoms with E-state index in [1.54, 1.807) is 17.2 Å². The SMILES string of the molecule is O=C(C1CCCN1S(=O)(=O)c1ccc(Cl)s1)N(Cc1ccccn1)c1nc2ccccc2s1. The van der Waals surface area contributed by atoms with Crippen LogP contribution in [0.1, 0.15) is 18.5 Å². The average molecular weight is 519 g/mol. The summed E-state index contributed by atoms with van der Waals surface area (Å²) in [6, 6.07) is 15.4. The van der Waals surface area contributed by atoms with E-state index in [-0.39, 0.29) is 23.2 Å². The maximum atomic E-state index is 13.9. The number of thiophene rings is 1. The lowest BCUT2D eigenvalue weighted by atomic mass is 10.2. The lowest BCUT2D eigenvalue weighted by molar-refractivity contribution is -0.121. The Balaban J connectivity index is 1.52. The number of hydrogen-bond donors (Lipinski definition) is 0. The van der Waals surface area contributed by atoms with Crippen LogP contribution in [0, 0.1) is 0 Å². The molecule has 0 spiro atoms.